The molecule has 1 aromatic carbocycles. The average molecular weight is 466 g/mol. The zero-order valence-corrected chi connectivity index (χ0v) is 19.6. The van der Waals surface area contributed by atoms with Crippen LogP contribution in [-0.4, -0.2) is 41.4 Å². The van der Waals surface area contributed by atoms with Gasteiger partial charge in [0.25, 0.3) is 0 Å². The van der Waals surface area contributed by atoms with E-state index in [0.29, 0.717) is 29.7 Å². The molecular weight excluding hydrogens is 438 g/mol. The van der Waals surface area contributed by atoms with Gasteiger partial charge in [-0.15, -0.1) is 0 Å². The van der Waals surface area contributed by atoms with Crippen molar-refractivity contribution in [3.05, 3.63) is 72.3 Å². The van der Waals surface area contributed by atoms with E-state index < -0.39 is 0 Å². The Kier molecular flexibility index (Phi) is 6.90. The Hall–Kier alpha value is -3.43. The minimum absolute atomic E-state index is 0.166. The molecule has 9 heteroatoms. The van der Waals surface area contributed by atoms with Crippen molar-refractivity contribution in [3.63, 3.8) is 0 Å². The lowest BCUT2D eigenvalue weighted by Crippen LogP contribution is -2.30. The van der Waals surface area contributed by atoms with Crippen molar-refractivity contribution in [2.45, 2.75) is 25.6 Å². The van der Waals surface area contributed by atoms with E-state index in [9.17, 15) is 4.79 Å². The van der Waals surface area contributed by atoms with Crippen LogP contribution in [0.25, 0.3) is 0 Å². The average Bonchev–Trinajstić information content (AvgIpc) is 3.41. The molecule has 1 aliphatic heterocycles. The van der Waals surface area contributed by atoms with Gasteiger partial charge in [-0.25, -0.2) is 0 Å². The fourth-order valence-corrected chi connectivity index (χ4v) is 4.50. The number of amides is 1. The summed E-state index contributed by atoms with van der Waals surface area (Å²) in [4.78, 5) is 18.4. The second kappa shape index (κ2) is 10.0. The highest BCUT2D eigenvalue weighted by molar-refractivity contribution is 7.80. The van der Waals surface area contributed by atoms with E-state index in [2.05, 4.69) is 31.2 Å². The highest BCUT2D eigenvalue weighted by atomic mass is 32.1. The van der Waals surface area contributed by atoms with E-state index in [4.69, 9.17) is 21.7 Å². The molecule has 0 aliphatic carbocycles. The van der Waals surface area contributed by atoms with Gasteiger partial charge in [0, 0.05) is 44.4 Å². The Morgan fingerprint density at radius 2 is 2.06 bits per heavy atom. The number of benzene rings is 1. The summed E-state index contributed by atoms with van der Waals surface area (Å²) < 4.78 is 12.9. The molecule has 1 amide bonds. The normalized spacial score (nSPS) is 17.7. The maximum atomic E-state index is 11.8. The predicted molar refractivity (Wildman–Crippen MR) is 132 cm³/mol. The van der Waals surface area contributed by atoms with Crippen LogP contribution in [0.2, 0.25) is 0 Å². The van der Waals surface area contributed by atoms with Crippen molar-refractivity contribution in [2.24, 2.45) is 0 Å². The molecule has 0 saturated carbocycles. The molecule has 0 bridgehead atoms. The number of ether oxygens (including phenoxy) is 2. The molecule has 3 heterocycles. The molecule has 0 unspecified atom stereocenters. The molecule has 33 heavy (non-hydrogen) atoms. The second-order valence-electron chi connectivity index (χ2n) is 7.68. The molecule has 172 valence electrons. The largest absolute Gasteiger partial charge is 0.495 e. The summed E-state index contributed by atoms with van der Waals surface area (Å²) >= 11 is 5.81. The third-order valence-corrected chi connectivity index (χ3v) is 5.89. The molecule has 1 saturated heterocycles. The van der Waals surface area contributed by atoms with Crippen LogP contribution < -0.4 is 20.3 Å². The van der Waals surface area contributed by atoms with Crippen LogP contribution in [0, 0.1) is 0 Å². The number of rotatable bonds is 8. The second-order valence-corrected chi connectivity index (χ2v) is 8.07. The number of methoxy groups -OCH3 is 2. The number of carbonyl (C=O) groups is 1. The van der Waals surface area contributed by atoms with Crippen LogP contribution in [0.4, 0.5) is 11.4 Å². The summed E-state index contributed by atoms with van der Waals surface area (Å²) in [6.45, 7) is 2.77. The van der Waals surface area contributed by atoms with Gasteiger partial charge in [-0.2, -0.15) is 0 Å². The van der Waals surface area contributed by atoms with E-state index in [1.54, 1.807) is 20.4 Å². The highest BCUT2D eigenvalue weighted by Gasteiger charge is 2.42. The fourth-order valence-electron chi connectivity index (χ4n) is 4.16. The van der Waals surface area contributed by atoms with Gasteiger partial charge in [-0.05, 0) is 54.7 Å². The number of anilines is 2. The maximum Gasteiger partial charge on any atom is 0.221 e. The predicted octanol–water partition coefficient (Wildman–Crippen LogP) is 3.67. The topological polar surface area (TPSA) is 80.7 Å². The monoisotopic (exact) mass is 465 g/mol. The van der Waals surface area contributed by atoms with Crippen LogP contribution in [-0.2, 0) is 16.1 Å². The zero-order valence-electron chi connectivity index (χ0n) is 18.8. The van der Waals surface area contributed by atoms with Crippen molar-refractivity contribution in [2.75, 3.05) is 31.0 Å². The van der Waals surface area contributed by atoms with Crippen LogP contribution in [0.3, 0.4) is 0 Å². The molecule has 0 spiro atoms. The van der Waals surface area contributed by atoms with Crippen molar-refractivity contribution in [1.82, 2.24) is 14.9 Å². The Morgan fingerprint density at radius 3 is 2.76 bits per heavy atom. The Bertz CT molecular complexity index is 1130. The summed E-state index contributed by atoms with van der Waals surface area (Å²) in [6.07, 6.45) is 3.83. The Labute approximate surface area is 198 Å². The maximum absolute atomic E-state index is 11.8. The molecule has 1 fully saturated rings. The molecular formula is C24H27N5O3S. The summed E-state index contributed by atoms with van der Waals surface area (Å²) in [5.41, 5.74) is 3.38. The van der Waals surface area contributed by atoms with Gasteiger partial charge in [-0.1, -0.05) is 6.07 Å². The lowest BCUT2D eigenvalue weighted by atomic mass is 10.0. The first-order chi connectivity index (χ1) is 16.0. The van der Waals surface area contributed by atoms with Gasteiger partial charge in [0.2, 0.25) is 5.91 Å². The summed E-state index contributed by atoms with van der Waals surface area (Å²) in [5, 5.41) is 6.89. The number of aromatic nitrogens is 2. The van der Waals surface area contributed by atoms with Gasteiger partial charge in [0.05, 0.1) is 31.1 Å². The van der Waals surface area contributed by atoms with E-state index >= 15 is 0 Å². The molecule has 2 atom stereocenters. The standard InChI is InChI=1S/C24H27N5O3S/c1-16(30)26-19-15-17(9-10-21(19)32-3)29-23(20-8-6-12-28(20)13-14-31-2)22(27-24(29)33)18-7-4-5-11-25-18/h4-12,15,22-23H,13-14H2,1-3H3,(H,26,30)(H,27,33)/t22-,23-/m0/s1. The molecule has 4 rings (SSSR count). The summed E-state index contributed by atoms with van der Waals surface area (Å²) in [7, 11) is 3.27. The lowest BCUT2D eigenvalue weighted by molar-refractivity contribution is -0.114. The van der Waals surface area contributed by atoms with E-state index in [1.807, 2.05) is 48.7 Å². The van der Waals surface area contributed by atoms with E-state index in [1.165, 1.54) is 6.92 Å². The van der Waals surface area contributed by atoms with Crippen LogP contribution in [0.1, 0.15) is 30.4 Å². The Morgan fingerprint density at radius 1 is 1.21 bits per heavy atom. The van der Waals surface area contributed by atoms with Gasteiger partial charge in [0.1, 0.15) is 11.8 Å². The molecule has 3 aromatic rings. The number of thiocarbonyl (C=S) groups is 1. The fraction of sp³-hybridized carbons (Fsp3) is 0.292. The minimum atomic E-state index is -0.177. The number of hydrogen-bond acceptors (Lipinski definition) is 5. The van der Waals surface area contributed by atoms with Gasteiger partial charge in [0.15, 0.2) is 5.11 Å². The SMILES string of the molecule is COCCn1cccc1[C@H]1[C@H](c2ccccn2)NC(=S)N1c1ccc(OC)c(NC(C)=O)c1. The lowest BCUT2D eigenvalue weighted by Gasteiger charge is -2.29. The molecule has 0 radical (unpaired) electrons. The van der Waals surface area contributed by atoms with Gasteiger partial charge in [-0.3, -0.25) is 9.78 Å². The molecule has 2 aromatic heterocycles. The number of nitrogens with one attached hydrogen (secondary N) is 2. The third-order valence-electron chi connectivity index (χ3n) is 5.57. The summed E-state index contributed by atoms with van der Waals surface area (Å²) in [6, 6.07) is 15.3. The quantitative estimate of drug-likeness (QED) is 0.491. The van der Waals surface area contributed by atoms with Gasteiger partial charge < -0.3 is 29.6 Å². The van der Waals surface area contributed by atoms with Crippen molar-refractivity contribution >= 4 is 34.6 Å². The first kappa shape index (κ1) is 22.8. The number of carbonyl (C=O) groups excluding carboxylic acids is 1. The van der Waals surface area contributed by atoms with Crippen LogP contribution in [0.15, 0.2) is 60.9 Å². The van der Waals surface area contributed by atoms with Gasteiger partial charge >= 0.3 is 0 Å². The van der Waals surface area contributed by atoms with E-state index in [0.717, 1.165) is 17.1 Å². The van der Waals surface area contributed by atoms with E-state index in [-0.39, 0.29) is 18.0 Å². The number of nitrogens with zero attached hydrogens (tertiary/aromatic N) is 3. The smallest absolute Gasteiger partial charge is 0.221 e. The Balaban J connectivity index is 1.82. The zero-order chi connectivity index (χ0) is 23.4. The minimum Gasteiger partial charge on any atom is -0.495 e. The summed E-state index contributed by atoms with van der Waals surface area (Å²) in [5.74, 6) is 0.400. The third kappa shape index (κ3) is 4.69. The molecule has 2 N–H and O–H groups in total. The van der Waals surface area contributed by atoms with Crippen molar-refractivity contribution in [1.29, 1.82) is 0 Å². The van der Waals surface area contributed by atoms with Crippen molar-refractivity contribution in [3.8, 4) is 5.75 Å². The van der Waals surface area contributed by atoms with Crippen molar-refractivity contribution < 1.29 is 14.3 Å². The molecule has 1 aliphatic rings. The highest BCUT2D eigenvalue weighted by Crippen LogP contribution is 2.43. The number of hydrogen-bond donors (Lipinski definition) is 2. The first-order valence-electron chi connectivity index (χ1n) is 10.6. The van der Waals surface area contributed by atoms with Crippen LogP contribution in [0.5, 0.6) is 5.75 Å². The number of pyridine rings is 1. The molecule has 8 nitrogen and oxygen atoms in total. The first-order valence-corrected chi connectivity index (χ1v) is 11.0. The van der Waals surface area contributed by atoms with Crippen LogP contribution >= 0.6 is 12.2 Å².